The van der Waals surface area contributed by atoms with Crippen molar-refractivity contribution in [1.82, 2.24) is 4.98 Å². The number of nitrogens with two attached hydrogens (primary N) is 1. The van der Waals surface area contributed by atoms with Crippen LogP contribution in [-0.2, 0) is 0 Å². The summed E-state index contributed by atoms with van der Waals surface area (Å²) in [5, 5.41) is 1.50. The summed E-state index contributed by atoms with van der Waals surface area (Å²) >= 11 is 4.86. The first-order valence-electron chi connectivity index (χ1n) is 4.18. The molecular weight excluding hydrogens is 260 g/mol. The Morgan fingerprint density at radius 1 is 1.50 bits per heavy atom. The van der Waals surface area contributed by atoms with Crippen LogP contribution in [0, 0.1) is 0 Å². The van der Waals surface area contributed by atoms with Gasteiger partial charge in [-0.05, 0) is 17.7 Å². The van der Waals surface area contributed by atoms with Gasteiger partial charge in [0, 0.05) is 5.33 Å². The van der Waals surface area contributed by atoms with Crippen LogP contribution in [0.25, 0.3) is 16.3 Å². The third-order valence-corrected chi connectivity index (χ3v) is 3.05. The van der Waals surface area contributed by atoms with Crippen molar-refractivity contribution in [2.75, 3.05) is 11.1 Å². The first-order chi connectivity index (χ1) is 6.79. The van der Waals surface area contributed by atoms with Gasteiger partial charge in [-0.15, -0.1) is 0 Å². The van der Waals surface area contributed by atoms with Gasteiger partial charge in [-0.2, -0.15) is 0 Å². The van der Waals surface area contributed by atoms with Crippen molar-refractivity contribution in [3.8, 4) is 0 Å². The number of anilines is 1. The van der Waals surface area contributed by atoms with Crippen LogP contribution in [0.5, 0.6) is 0 Å². The number of thiazole rings is 1. The molecule has 14 heavy (non-hydrogen) atoms. The molecule has 1 aromatic carbocycles. The zero-order chi connectivity index (χ0) is 9.97. The molecule has 2 N–H and O–H groups in total. The van der Waals surface area contributed by atoms with E-state index in [-0.39, 0.29) is 0 Å². The van der Waals surface area contributed by atoms with Gasteiger partial charge < -0.3 is 5.73 Å². The Bertz CT molecular complexity index is 476. The zero-order valence-electron chi connectivity index (χ0n) is 7.40. The number of rotatable bonds is 2. The molecule has 0 spiro atoms. The van der Waals surface area contributed by atoms with Crippen molar-refractivity contribution >= 4 is 48.7 Å². The second kappa shape index (κ2) is 4.11. The second-order valence-electron chi connectivity index (χ2n) is 2.84. The lowest BCUT2D eigenvalue weighted by Gasteiger charge is -1.91. The van der Waals surface area contributed by atoms with E-state index < -0.39 is 0 Å². The smallest absolute Gasteiger partial charge is 0.181 e. The minimum Gasteiger partial charge on any atom is -0.375 e. The van der Waals surface area contributed by atoms with E-state index in [4.69, 9.17) is 5.73 Å². The van der Waals surface area contributed by atoms with Gasteiger partial charge in [-0.1, -0.05) is 45.5 Å². The quantitative estimate of drug-likeness (QED) is 0.850. The number of aromatic nitrogens is 1. The molecule has 2 nitrogen and oxygen atoms in total. The Hall–Kier alpha value is -0.870. The highest BCUT2D eigenvalue weighted by Crippen LogP contribution is 2.24. The molecule has 0 saturated heterocycles. The molecule has 4 heteroatoms. The molecule has 1 aromatic heterocycles. The lowest BCUT2D eigenvalue weighted by molar-refractivity contribution is 1.49. The summed E-state index contributed by atoms with van der Waals surface area (Å²) in [4.78, 5) is 4.20. The van der Waals surface area contributed by atoms with Gasteiger partial charge in [0.05, 0.1) is 10.2 Å². The van der Waals surface area contributed by atoms with Gasteiger partial charge in [-0.25, -0.2) is 4.98 Å². The van der Waals surface area contributed by atoms with E-state index >= 15 is 0 Å². The molecule has 0 aliphatic carbocycles. The summed E-state index contributed by atoms with van der Waals surface area (Å²) in [5.74, 6) is 0. The summed E-state index contributed by atoms with van der Waals surface area (Å²) in [7, 11) is 0. The lowest BCUT2D eigenvalue weighted by Crippen LogP contribution is -1.78. The third-order valence-electron chi connectivity index (χ3n) is 1.83. The van der Waals surface area contributed by atoms with E-state index in [0.29, 0.717) is 5.13 Å². The van der Waals surface area contributed by atoms with Gasteiger partial charge in [0.25, 0.3) is 0 Å². The fourth-order valence-electron chi connectivity index (χ4n) is 1.24. The summed E-state index contributed by atoms with van der Waals surface area (Å²) in [6.07, 6.45) is 4.13. The van der Waals surface area contributed by atoms with E-state index in [1.54, 1.807) is 0 Å². The number of allylic oxidation sites excluding steroid dienone is 1. The Morgan fingerprint density at radius 3 is 3.14 bits per heavy atom. The number of halogens is 1. The molecule has 1 heterocycles. The monoisotopic (exact) mass is 268 g/mol. The van der Waals surface area contributed by atoms with E-state index in [0.717, 1.165) is 15.5 Å². The Kier molecular flexibility index (Phi) is 2.84. The summed E-state index contributed by atoms with van der Waals surface area (Å²) in [6.45, 7) is 0. The van der Waals surface area contributed by atoms with E-state index in [9.17, 15) is 0 Å². The highest BCUT2D eigenvalue weighted by atomic mass is 79.9. The number of hydrogen-bond acceptors (Lipinski definition) is 3. The lowest BCUT2D eigenvalue weighted by atomic mass is 10.2. The van der Waals surface area contributed by atoms with Crippen molar-refractivity contribution in [2.45, 2.75) is 0 Å². The Balaban J connectivity index is 2.45. The van der Waals surface area contributed by atoms with Gasteiger partial charge in [0.15, 0.2) is 5.13 Å². The number of alkyl halides is 1. The molecule has 2 rings (SSSR count). The van der Waals surface area contributed by atoms with Crippen molar-refractivity contribution < 1.29 is 0 Å². The molecule has 0 unspecified atom stereocenters. The van der Waals surface area contributed by atoms with Gasteiger partial charge in [-0.3, -0.25) is 0 Å². The molecule has 72 valence electrons. The molecule has 0 atom stereocenters. The van der Waals surface area contributed by atoms with Crippen molar-refractivity contribution in [2.24, 2.45) is 0 Å². The number of benzene rings is 1. The number of hydrogen-bond donors (Lipinski definition) is 1. The fourth-order valence-corrected chi connectivity index (χ4v) is 2.21. The van der Waals surface area contributed by atoms with Crippen LogP contribution < -0.4 is 5.73 Å². The highest BCUT2D eigenvalue weighted by molar-refractivity contribution is 9.09. The van der Waals surface area contributed by atoms with E-state index in [1.807, 2.05) is 12.1 Å². The van der Waals surface area contributed by atoms with E-state index in [2.05, 4.69) is 39.1 Å². The van der Waals surface area contributed by atoms with E-state index in [1.165, 1.54) is 16.9 Å². The highest BCUT2D eigenvalue weighted by Gasteiger charge is 1.99. The Morgan fingerprint density at radius 2 is 2.36 bits per heavy atom. The van der Waals surface area contributed by atoms with Crippen molar-refractivity contribution in [1.29, 1.82) is 0 Å². The maximum atomic E-state index is 5.62. The topological polar surface area (TPSA) is 38.9 Å². The minimum absolute atomic E-state index is 0.627. The average molecular weight is 269 g/mol. The number of nitrogens with zero attached hydrogens (tertiary/aromatic N) is 1. The van der Waals surface area contributed by atoms with Crippen LogP contribution in [0.1, 0.15) is 5.56 Å². The number of nitrogen functional groups attached to an aromatic ring is 1. The van der Waals surface area contributed by atoms with Gasteiger partial charge in [0.2, 0.25) is 0 Å². The Labute approximate surface area is 94.6 Å². The largest absolute Gasteiger partial charge is 0.375 e. The first kappa shape index (κ1) is 9.68. The molecular formula is C10H9BrN2S. The van der Waals surface area contributed by atoms with Gasteiger partial charge in [0.1, 0.15) is 0 Å². The zero-order valence-corrected chi connectivity index (χ0v) is 9.81. The molecule has 2 aromatic rings. The molecule has 0 aliphatic heterocycles. The molecule has 0 aliphatic rings. The molecule has 0 fully saturated rings. The molecule has 0 saturated carbocycles. The number of fused-ring (bicyclic) bond motifs is 1. The van der Waals surface area contributed by atoms with Crippen LogP contribution >= 0.6 is 27.3 Å². The first-order valence-corrected chi connectivity index (χ1v) is 6.12. The normalized spacial score (nSPS) is 11.5. The van der Waals surface area contributed by atoms with Crippen LogP contribution in [0.2, 0.25) is 0 Å². The maximum Gasteiger partial charge on any atom is 0.181 e. The van der Waals surface area contributed by atoms with Crippen molar-refractivity contribution in [3.05, 3.63) is 29.8 Å². The summed E-state index contributed by atoms with van der Waals surface area (Å²) in [6, 6.07) is 6.14. The van der Waals surface area contributed by atoms with Crippen LogP contribution in [0.15, 0.2) is 24.3 Å². The summed E-state index contributed by atoms with van der Waals surface area (Å²) in [5.41, 5.74) is 7.78. The second-order valence-corrected chi connectivity index (χ2v) is 4.55. The fraction of sp³-hybridized carbons (Fsp3) is 0.100. The summed E-state index contributed by atoms with van der Waals surface area (Å²) < 4.78 is 1.14. The third kappa shape index (κ3) is 1.96. The maximum absolute atomic E-state index is 5.62. The van der Waals surface area contributed by atoms with Crippen LogP contribution in [-0.4, -0.2) is 10.3 Å². The van der Waals surface area contributed by atoms with Crippen LogP contribution in [0.3, 0.4) is 0 Å². The predicted octanol–water partition coefficient (Wildman–Crippen LogP) is 3.29. The molecule has 0 bridgehead atoms. The average Bonchev–Trinajstić information content (AvgIpc) is 2.54. The minimum atomic E-state index is 0.627. The SMILES string of the molecule is Nc1nc2ccc(C=CCBr)cc2s1. The predicted molar refractivity (Wildman–Crippen MR) is 66.9 cm³/mol. The molecule has 0 amide bonds. The van der Waals surface area contributed by atoms with Crippen LogP contribution in [0.4, 0.5) is 5.13 Å². The standard InChI is InChI=1S/C10H9BrN2S/c11-5-1-2-7-3-4-8-9(6-7)14-10(12)13-8/h1-4,6H,5H2,(H2,12,13). The molecule has 0 radical (unpaired) electrons. The van der Waals surface area contributed by atoms with Gasteiger partial charge >= 0.3 is 0 Å². The van der Waals surface area contributed by atoms with Crippen molar-refractivity contribution in [3.63, 3.8) is 0 Å².